The molecule has 0 unspecified atom stereocenters. The normalized spacial score (nSPS) is 19.5. The van der Waals surface area contributed by atoms with Crippen molar-refractivity contribution in [2.75, 3.05) is 0 Å². The Morgan fingerprint density at radius 1 is 1.29 bits per heavy atom. The number of hydrogen-bond acceptors (Lipinski definition) is 5. The number of carbonyl (C=O) groups is 1. The van der Waals surface area contributed by atoms with Gasteiger partial charge >= 0.3 is 5.69 Å². The van der Waals surface area contributed by atoms with Gasteiger partial charge < -0.3 is 10.5 Å². The Kier molecular flexibility index (Phi) is 4.61. The van der Waals surface area contributed by atoms with E-state index in [9.17, 15) is 14.4 Å². The van der Waals surface area contributed by atoms with Gasteiger partial charge in [0.1, 0.15) is 12.2 Å². The Morgan fingerprint density at radius 3 is 2.68 bits per heavy atom. The average Bonchev–Trinajstić information content (AvgIpc) is 2.64. The predicted molar refractivity (Wildman–Crippen MR) is 104 cm³/mol. The summed E-state index contributed by atoms with van der Waals surface area (Å²) < 4.78 is 8.43. The number of primary amides is 1. The van der Waals surface area contributed by atoms with E-state index < -0.39 is 11.6 Å². The zero-order valence-electron chi connectivity index (χ0n) is 16.4. The van der Waals surface area contributed by atoms with E-state index in [0.717, 1.165) is 43.4 Å². The molecule has 28 heavy (non-hydrogen) atoms. The lowest BCUT2D eigenvalue weighted by atomic mass is 9.94. The first-order valence-electron chi connectivity index (χ1n) is 9.87. The number of ether oxygens (including phenoxy) is 1. The molecule has 0 aromatic carbocycles. The zero-order chi connectivity index (χ0) is 20.1. The van der Waals surface area contributed by atoms with Crippen molar-refractivity contribution in [1.82, 2.24) is 14.1 Å². The van der Waals surface area contributed by atoms with E-state index in [1.165, 1.54) is 9.13 Å². The minimum Gasteiger partial charge on any atom is -0.370 e. The Hall–Kier alpha value is -2.48. The maximum absolute atomic E-state index is 13.3. The fourth-order valence-electron chi connectivity index (χ4n) is 4.35. The highest BCUT2D eigenvalue weighted by Crippen LogP contribution is 2.29. The fourth-order valence-corrected chi connectivity index (χ4v) is 4.35. The Balaban J connectivity index is 1.99. The molecule has 2 aliphatic rings. The lowest BCUT2D eigenvalue weighted by Crippen LogP contribution is -2.45. The van der Waals surface area contributed by atoms with Gasteiger partial charge in [0.25, 0.3) is 5.56 Å². The largest absolute Gasteiger partial charge is 0.370 e. The molecule has 2 aromatic rings. The first-order chi connectivity index (χ1) is 13.3. The Morgan fingerprint density at radius 2 is 2.00 bits per heavy atom. The molecule has 0 radical (unpaired) electrons. The molecule has 0 spiro atoms. The lowest BCUT2D eigenvalue weighted by Gasteiger charge is -2.31. The van der Waals surface area contributed by atoms with Crippen LogP contribution in [0.15, 0.2) is 15.7 Å². The van der Waals surface area contributed by atoms with E-state index >= 15 is 0 Å². The second-order valence-electron chi connectivity index (χ2n) is 8.49. The summed E-state index contributed by atoms with van der Waals surface area (Å²) in [5.74, 6) is -0.638. The highest BCUT2D eigenvalue weighted by molar-refractivity contribution is 5.79. The highest BCUT2D eigenvalue weighted by Gasteiger charge is 2.29. The third-order valence-corrected chi connectivity index (χ3v) is 5.78. The van der Waals surface area contributed by atoms with Gasteiger partial charge in [0.2, 0.25) is 5.91 Å². The third kappa shape index (κ3) is 3.26. The summed E-state index contributed by atoms with van der Waals surface area (Å²) in [6.07, 6.45) is 5.20. The van der Waals surface area contributed by atoms with Crippen molar-refractivity contribution in [3.05, 3.63) is 38.2 Å². The van der Waals surface area contributed by atoms with Crippen LogP contribution in [-0.2, 0) is 29.1 Å². The van der Waals surface area contributed by atoms with Crippen LogP contribution in [0.4, 0.5) is 0 Å². The van der Waals surface area contributed by atoms with Crippen LogP contribution in [0.25, 0.3) is 11.0 Å². The number of fused-ring (bicyclic) bond motifs is 2. The summed E-state index contributed by atoms with van der Waals surface area (Å²) in [6, 6.07) is 1.62. The molecule has 0 atom stereocenters. The van der Waals surface area contributed by atoms with E-state index in [-0.39, 0.29) is 29.4 Å². The van der Waals surface area contributed by atoms with Crippen LogP contribution in [0.5, 0.6) is 0 Å². The van der Waals surface area contributed by atoms with Gasteiger partial charge in [-0.05, 0) is 32.8 Å². The van der Waals surface area contributed by atoms with Crippen LogP contribution in [-0.4, -0.2) is 25.6 Å². The molecule has 1 amide bonds. The number of nitrogens with two attached hydrogens (primary N) is 1. The van der Waals surface area contributed by atoms with E-state index in [1.54, 1.807) is 6.07 Å². The van der Waals surface area contributed by atoms with E-state index in [1.807, 2.05) is 13.8 Å². The Labute approximate surface area is 162 Å². The summed E-state index contributed by atoms with van der Waals surface area (Å²) in [7, 11) is 0. The van der Waals surface area contributed by atoms with Gasteiger partial charge in [-0.2, -0.15) is 0 Å². The summed E-state index contributed by atoms with van der Waals surface area (Å²) in [6.45, 7) is 4.01. The van der Waals surface area contributed by atoms with E-state index in [4.69, 9.17) is 10.5 Å². The maximum atomic E-state index is 13.3. The molecule has 1 fully saturated rings. The maximum Gasteiger partial charge on any atom is 0.333 e. The predicted octanol–water partition coefficient (Wildman–Crippen LogP) is 1.40. The van der Waals surface area contributed by atoms with Gasteiger partial charge in [-0.25, -0.2) is 9.78 Å². The third-order valence-electron chi connectivity index (χ3n) is 5.78. The van der Waals surface area contributed by atoms with Gasteiger partial charge in [-0.15, -0.1) is 0 Å². The van der Waals surface area contributed by atoms with Crippen LogP contribution < -0.4 is 17.0 Å². The average molecular weight is 386 g/mol. The van der Waals surface area contributed by atoms with Crippen LogP contribution in [0, 0.1) is 0 Å². The molecule has 1 aliphatic heterocycles. The number of rotatable bonds is 3. The van der Waals surface area contributed by atoms with Gasteiger partial charge in [-0.1, -0.05) is 19.3 Å². The van der Waals surface area contributed by atoms with Crippen molar-refractivity contribution >= 4 is 16.9 Å². The lowest BCUT2D eigenvalue weighted by molar-refractivity contribution is -0.118. The van der Waals surface area contributed by atoms with Crippen molar-refractivity contribution < 1.29 is 9.53 Å². The molecule has 0 saturated heterocycles. The van der Waals surface area contributed by atoms with Crippen molar-refractivity contribution in [2.24, 2.45) is 5.73 Å². The molecule has 8 heteroatoms. The molecule has 0 bridgehead atoms. The summed E-state index contributed by atoms with van der Waals surface area (Å²) in [5, 5.41) is 0.341. The SMILES string of the molecule is CC1(C)Cc2nc3c(cc2CO1)c(=O)n(C1CCCCC1)c(=O)n3CC(N)=O. The highest BCUT2D eigenvalue weighted by atomic mass is 16.5. The molecule has 8 nitrogen and oxygen atoms in total. The smallest absolute Gasteiger partial charge is 0.333 e. The number of aromatic nitrogens is 3. The van der Waals surface area contributed by atoms with Gasteiger partial charge in [0.05, 0.1) is 23.3 Å². The van der Waals surface area contributed by atoms with Crippen LogP contribution in [0.3, 0.4) is 0 Å². The molecule has 3 heterocycles. The topological polar surface area (TPSA) is 109 Å². The second kappa shape index (κ2) is 6.84. The van der Waals surface area contributed by atoms with Crippen LogP contribution >= 0.6 is 0 Å². The van der Waals surface area contributed by atoms with E-state index in [0.29, 0.717) is 18.4 Å². The fraction of sp³-hybridized carbons (Fsp3) is 0.600. The number of amides is 1. The first-order valence-corrected chi connectivity index (χ1v) is 9.87. The number of pyridine rings is 1. The summed E-state index contributed by atoms with van der Waals surface area (Å²) in [5.41, 5.74) is 6.06. The van der Waals surface area contributed by atoms with Crippen LogP contribution in [0.1, 0.15) is 63.3 Å². The summed E-state index contributed by atoms with van der Waals surface area (Å²) >= 11 is 0. The number of hydrogen-bond donors (Lipinski definition) is 1. The molecule has 4 rings (SSSR count). The van der Waals surface area contributed by atoms with E-state index in [2.05, 4.69) is 4.98 Å². The molecule has 1 aliphatic carbocycles. The minimum absolute atomic E-state index is 0.150. The molecule has 2 N–H and O–H groups in total. The van der Waals surface area contributed by atoms with Gasteiger partial charge in [-0.3, -0.25) is 18.7 Å². The van der Waals surface area contributed by atoms with Crippen molar-refractivity contribution in [1.29, 1.82) is 0 Å². The van der Waals surface area contributed by atoms with Crippen LogP contribution in [0.2, 0.25) is 0 Å². The van der Waals surface area contributed by atoms with Crippen molar-refractivity contribution in [2.45, 2.75) is 77.2 Å². The molecular formula is C20H26N4O4. The number of carbonyl (C=O) groups excluding carboxylic acids is 1. The first kappa shape index (κ1) is 18.9. The second-order valence-corrected chi connectivity index (χ2v) is 8.49. The Bertz CT molecular complexity index is 1060. The molecule has 1 saturated carbocycles. The van der Waals surface area contributed by atoms with Crippen molar-refractivity contribution in [3.63, 3.8) is 0 Å². The zero-order valence-corrected chi connectivity index (χ0v) is 16.4. The molecule has 150 valence electrons. The van der Waals surface area contributed by atoms with Gasteiger partial charge in [0, 0.05) is 18.0 Å². The molecular weight excluding hydrogens is 360 g/mol. The number of nitrogens with zero attached hydrogens (tertiary/aromatic N) is 3. The quantitative estimate of drug-likeness (QED) is 0.857. The monoisotopic (exact) mass is 386 g/mol. The summed E-state index contributed by atoms with van der Waals surface area (Å²) in [4.78, 5) is 42.7. The minimum atomic E-state index is -0.638. The van der Waals surface area contributed by atoms with Crippen molar-refractivity contribution in [3.8, 4) is 0 Å². The molecule has 2 aromatic heterocycles. The van der Waals surface area contributed by atoms with Gasteiger partial charge in [0.15, 0.2) is 0 Å². The standard InChI is InChI=1S/C20H26N4O4/c1-20(2)9-15-12(11-28-20)8-14-17(22-15)23(10-16(21)25)19(27)24(18(14)26)13-6-4-3-5-7-13/h8,13H,3-7,9-11H2,1-2H3,(H2,21,25).